The third kappa shape index (κ3) is 5.34. The molecule has 202 valence electrons. The number of amides is 3. The van der Waals surface area contributed by atoms with Gasteiger partial charge in [0.25, 0.3) is 0 Å². The highest BCUT2D eigenvalue weighted by atomic mass is 35.5. The molecule has 0 saturated carbocycles. The zero-order valence-corrected chi connectivity index (χ0v) is 21.5. The number of aliphatic imine (C=N–C) groups is 2. The summed E-state index contributed by atoms with van der Waals surface area (Å²) in [6, 6.07) is -0.0370. The van der Waals surface area contributed by atoms with Crippen molar-refractivity contribution in [3.63, 3.8) is 0 Å². The number of likely N-dealkylation sites (tertiary alicyclic amines) is 1. The smallest absolute Gasteiger partial charge is 0.327 e. The van der Waals surface area contributed by atoms with Crippen LogP contribution < -0.4 is 5.32 Å². The molecule has 0 unspecified atom stereocenters. The predicted molar refractivity (Wildman–Crippen MR) is 136 cm³/mol. The van der Waals surface area contributed by atoms with E-state index in [1.54, 1.807) is 23.3 Å². The Kier molecular flexibility index (Phi) is 7.06. The molecular formula is C26H27ClF3N5O3. The third-order valence-electron chi connectivity index (χ3n) is 7.53. The van der Waals surface area contributed by atoms with Gasteiger partial charge >= 0.3 is 12.2 Å². The first-order valence-electron chi connectivity index (χ1n) is 12.5. The predicted octanol–water partition coefficient (Wildman–Crippen LogP) is 3.48. The molecule has 4 aliphatic rings. The molecule has 4 aliphatic heterocycles. The fraction of sp³-hybridized carbons (Fsp3) is 0.500. The molecule has 0 spiro atoms. The lowest BCUT2D eigenvalue weighted by Crippen LogP contribution is -2.54. The first kappa shape index (κ1) is 26.4. The first-order valence-corrected chi connectivity index (χ1v) is 12.9. The van der Waals surface area contributed by atoms with Gasteiger partial charge in [-0.25, -0.2) is 4.79 Å². The van der Waals surface area contributed by atoms with Crippen LogP contribution in [0.1, 0.15) is 42.0 Å². The summed E-state index contributed by atoms with van der Waals surface area (Å²) in [5.41, 5.74) is 4.08. The molecule has 1 N–H and O–H groups in total. The third-order valence-corrected chi connectivity index (χ3v) is 7.87. The van der Waals surface area contributed by atoms with Crippen molar-refractivity contribution in [1.82, 2.24) is 15.1 Å². The van der Waals surface area contributed by atoms with Gasteiger partial charge in [0, 0.05) is 59.7 Å². The van der Waals surface area contributed by atoms with Gasteiger partial charge in [0.1, 0.15) is 19.1 Å². The Hall–Kier alpha value is -3.21. The summed E-state index contributed by atoms with van der Waals surface area (Å²) in [7, 11) is 0. The van der Waals surface area contributed by atoms with E-state index in [4.69, 9.17) is 11.6 Å². The minimum absolute atomic E-state index is 0.0107. The van der Waals surface area contributed by atoms with Gasteiger partial charge in [0.05, 0.1) is 6.54 Å². The number of nitrogens with zero attached hydrogens (tertiary/aromatic N) is 4. The Morgan fingerprint density at radius 3 is 2.63 bits per heavy atom. The fourth-order valence-corrected chi connectivity index (χ4v) is 5.90. The van der Waals surface area contributed by atoms with Crippen molar-refractivity contribution in [3.05, 3.63) is 45.0 Å². The minimum atomic E-state index is -4.60. The number of Topliss-reactive ketones (excluding diaryl/α,β-unsaturated/α-hetero) is 1. The number of ketones is 1. The highest BCUT2D eigenvalue weighted by Gasteiger charge is 2.40. The van der Waals surface area contributed by atoms with Gasteiger partial charge < -0.3 is 15.1 Å². The number of rotatable bonds is 3. The Bertz CT molecular complexity index is 1280. The van der Waals surface area contributed by atoms with Crippen molar-refractivity contribution < 1.29 is 27.6 Å². The number of carbonyl (C=O) groups excluding carboxylic acids is 3. The Balaban J connectivity index is 1.33. The van der Waals surface area contributed by atoms with E-state index in [1.807, 2.05) is 6.92 Å². The number of piperidine rings is 1. The highest BCUT2D eigenvalue weighted by molar-refractivity contribution is 6.32. The number of alkyl halides is 3. The summed E-state index contributed by atoms with van der Waals surface area (Å²) in [5, 5.41) is 3.12. The van der Waals surface area contributed by atoms with Crippen LogP contribution in [-0.4, -0.2) is 77.8 Å². The molecule has 1 saturated heterocycles. The molecule has 1 aromatic carbocycles. The van der Waals surface area contributed by atoms with Crippen LogP contribution in [0.25, 0.3) is 0 Å². The maximum atomic E-state index is 13.4. The number of hydrogen-bond donors (Lipinski definition) is 1. The van der Waals surface area contributed by atoms with Crippen LogP contribution >= 0.6 is 11.6 Å². The molecule has 4 heterocycles. The molecule has 8 nitrogen and oxygen atoms in total. The van der Waals surface area contributed by atoms with Crippen LogP contribution in [0.3, 0.4) is 0 Å². The van der Waals surface area contributed by atoms with Crippen LogP contribution in [0.15, 0.2) is 27.7 Å². The van der Waals surface area contributed by atoms with E-state index < -0.39 is 30.7 Å². The second kappa shape index (κ2) is 10.2. The van der Waals surface area contributed by atoms with Crippen LogP contribution in [0, 0.1) is 5.92 Å². The van der Waals surface area contributed by atoms with Crippen molar-refractivity contribution >= 4 is 41.2 Å². The topological polar surface area (TPSA) is 94.4 Å². The van der Waals surface area contributed by atoms with E-state index >= 15 is 0 Å². The van der Waals surface area contributed by atoms with Crippen LogP contribution in [0.2, 0.25) is 5.02 Å². The molecule has 5 rings (SSSR count). The molecule has 0 radical (unpaired) electrons. The zero-order valence-electron chi connectivity index (χ0n) is 20.8. The number of carbonyl (C=O) groups is 3. The largest absolute Gasteiger partial charge is 0.406 e. The highest BCUT2D eigenvalue weighted by Crippen LogP contribution is 2.34. The molecule has 1 atom stereocenters. The second-order valence-electron chi connectivity index (χ2n) is 10.1. The fourth-order valence-electron chi connectivity index (χ4n) is 5.60. The number of fused-ring (bicyclic) bond motifs is 3. The zero-order chi connectivity index (χ0) is 27.2. The van der Waals surface area contributed by atoms with Crippen molar-refractivity contribution in [2.75, 3.05) is 26.2 Å². The van der Waals surface area contributed by atoms with Crippen LogP contribution in [0.5, 0.6) is 0 Å². The minimum Gasteiger partial charge on any atom is -0.327 e. The van der Waals surface area contributed by atoms with E-state index in [9.17, 15) is 27.6 Å². The van der Waals surface area contributed by atoms with Crippen molar-refractivity contribution in [3.8, 4) is 0 Å². The molecule has 0 aromatic heterocycles. The summed E-state index contributed by atoms with van der Waals surface area (Å²) in [6.07, 6.45) is -0.0585. The van der Waals surface area contributed by atoms with Crippen LogP contribution in [-0.2, 0) is 29.1 Å². The summed E-state index contributed by atoms with van der Waals surface area (Å²) in [4.78, 5) is 49.4. The molecule has 0 aliphatic carbocycles. The Morgan fingerprint density at radius 2 is 1.92 bits per heavy atom. The SMILES string of the molecule is CC1=NCC(=O)C(C2CCN(C(=O)N[C@@H]3Cc4cc(Cl)c5c(c4CN(CC(F)(F)F)C3=O)C=NC5)CC2)=C1. The lowest BCUT2D eigenvalue weighted by atomic mass is 9.85. The van der Waals surface area contributed by atoms with E-state index in [2.05, 4.69) is 15.3 Å². The molecule has 3 amide bonds. The molecule has 38 heavy (non-hydrogen) atoms. The molecule has 1 fully saturated rings. The second-order valence-corrected chi connectivity index (χ2v) is 10.5. The van der Waals surface area contributed by atoms with Crippen LogP contribution in [0.4, 0.5) is 18.0 Å². The quantitative estimate of drug-likeness (QED) is 0.625. The van der Waals surface area contributed by atoms with E-state index in [1.165, 1.54) is 0 Å². The molecule has 1 aromatic rings. The average molecular weight is 550 g/mol. The molecule has 12 heteroatoms. The van der Waals surface area contributed by atoms with Gasteiger partial charge in [0.2, 0.25) is 5.91 Å². The van der Waals surface area contributed by atoms with Gasteiger partial charge in [-0.15, -0.1) is 0 Å². The van der Waals surface area contributed by atoms with Gasteiger partial charge in [-0.1, -0.05) is 11.6 Å². The number of dihydropyridines is 1. The number of nitrogens with one attached hydrogen (secondary N) is 1. The Labute approximate surface area is 222 Å². The summed E-state index contributed by atoms with van der Waals surface area (Å²) < 4.78 is 40.2. The lowest BCUT2D eigenvalue weighted by Gasteiger charge is -2.34. The Morgan fingerprint density at radius 1 is 1.18 bits per heavy atom. The summed E-state index contributed by atoms with van der Waals surface area (Å²) in [5.74, 6) is -0.799. The molecular weight excluding hydrogens is 523 g/mol. The van der Waals surface area contributed by atoms with E-state index in [-0.39, 0.29) is 31.2 Å². The number of urea groups is 1. The molecule has 0 bridgehead atoms. The summed E-state index contributed by atoms with van der Waals surface area (Å²) in [6.45, 7) is 1.35. The first-order chi connectivity index (χ1) is 18.0. The summed E-state index contributed by atoms with van der Waals surface area (Å²) >= 11 is 6.42. The lowest BCUT2D eigenvalue weighted by molar-refractivity contribution is -0.163. The van der Waals surface area contributed by atoms with E-state index in [0.717, 1.165) is 21.7 Å². The average Bonchev–Trinajstić information content (AvgIpc) is 3.32. The standard InChI is InChI=1S/C26H27ClF3N5O3/c1-14-6-17(23(36)11-32-14)15-2-4-34(5-3-15)25(38)33-22-8-16-7-21(27)19-10-31-9-18(19)20(16)12-35(24(22)37)13-26(28,29)30/h6-7,9,15,22H,2-5,8,10-13H2,1H3,(H,33,38)/t22-/m1/s1. The van der Waals surface area contributed by atoms with Gasteiger partial charge in [-0.2, -0.15) is 13.2 Å². The van der Waals surface area contributed by atoms with Crippen molar-refractivity contribution in [2.45, 2.75) is 51.5 Å². The number of allylic oxidation sites excluding steroid dienone is 1. The van der Waals surface area contributed by atoms with Crippen molar-refractivity contribution in [2.24, 2.45) is 15.9 Å². The number of halogens is 4. The number of benzene rings is 1. The number of hydrogen-bond acceptors (Lipinski definition) is 5. The van der Waals surface area contributed by atoms with Crippen molar-refractivity contribution in [1.29, 1.82) is 0 Å². The van der Waals surface area contributed by atoms with Gasteiger partial charge in [-0.05, 0) is 49.0 Å². The van der Waals surface area contributed by atoms with Gasteiger partial charge in [-0.3, -0.25) is 19.6 Å². The maximum absolute atomic E-state index is 13.4. The normalized spacial score (nSPS) is 22.1. The van der Waals surface area contributed by atoms with Gasteiger partial charge in [0.15, 0.2) is 5.78 Å². The maximum Gasteiger partial charge on any atom is 0.406 e. The monoisotopic (exact) mass is 549 g/mol. The van der Waals surface area contributed by atoms with E-state index in [0.29, 0.717) is 54.2 Å².